The van der Waals surface area contributed by atoms with Gasteiger partial charge in [-0.25, -0.2) is 4.79 Å². The third-order valence-corrected chi connectivity index (χ3v) is 4.57. The fourth-order valence-electron chi connectivity index (χ4n) is 3.17. The molecule has 0 unspecified atom stereocenters. The van der Waals surface area contributed by atoms with E-state index in [4.69, 9.17) is 14.2 Å². The summed E-state index contributed by atoms with van der Waals surface area (Å²) in [7, 11) is 0. The molecule has 0 aliphatic heterocycles. The SMILES string of the molecule is CCOc1ccc(C(=O)OCC(=O)N[C@H]2CCCC[C@@H]2C)cc1OCC. The summed E-state index contributed by atoms with van der Waals surface area (Å²) in [5.74, 6) is 0.719. The minimum Gasteiger partial charge on any atom is -0.490 e. The average Bonchev–Trinajstić information content (AvgIpc) is 2.63. The normalized spacial score (nSPS) is 19.5. The molecule has 1 amide bonds. The van der Waals surface area contributed by atoms with Crippen LogP contribution in [0.4, 0.5) is 0 Å². The van der Waals surface area contributed by atoms with Gasteiger partial charge >= 0.3 is 5.97 Å². The van der Waals surface area contributed by atoms with Gasteiger partial charge in [0.2, 0.25) is 0 Å². The van der Waals surface area contributed by atoms with Crippen molar-refractivity contribution < 1.29 is 23.8 Å². The van der Waals surface area contributed by atoms with Gasteiger partial charge in [0.1, 0.15) is 0 Å². The average molecular weight is 363 g/mol. The number of amides is 1. The number of carbonyl (C=O) groups is 2. The molecular formula is C20H29NO5. The van der Waals surface area contributed by atoms with E-state index in [-0.39, 0.29) is 18.6 Å². The number of carbonyl (C=O) groups excluding carboxylic acids is 2. The van der Waals surface area contributed by atoms with Gasteiger partial charge in [-0.3, -0.25) is 4.79 Å². The van der Waals surface area contributed by atoms with Crippen LogP contribution in [0.3, 0.4) is 0 Å². The van der Waals surface area contributed by atoms with Crippen LogP contribution in [0.1, 0.15) is 56.8 Å². The number of hydrogen-bond acceptors (Lipinski definition) is 5. The maximum atomic E-state index is 12.2. The molecule has 2 rings (SSSR count). The van der Waals surface area contributed by atoms with E-state index < -0.39 is 5.97 Å². The Morgan fingerprint density at radius 1 is 1.08 bits per heavy atom. The fraction of sp³-hybridized carbons (Fsp3) is 0.600. The summed E-state index contributed by atoms with van der Waals surface area (Å²) < 4.78 is 16.1. The highest BCUT2D eigenvalue weighted by Gasteiger charge is 2.23. The zero-order valence-electron chi connectivity index (χ0n) is 15.9. The summed E-state index contributed by atoms with van der Waals surface area (Å²) in [5.41, 5.74) is 0.329. The quantitative estimate of drug-likeness (QED) is 0.717. The van der Waals surface area contributed by atoms with Gasteiger partial charge in [0, 0.05) is 6.04 Å². The lowest BCUT2D eigenvalue weighted by Crippen LogP contribution is -2.42. The van der Waals surface area contributed by atoms with E-state index in [9.17, 15) is 9.59 Å². The summed E-state index contributed by atoms with van der Waals surface area (Å²) in [6.07, 6.45) is 4.44. The van der Waals surface area contributed by atoms with E-state index in [1.807, 2.05) is 13.8 Å². The van der Waals surface area contributed by atoms with Crippen molar-refractivity contribution in [2.75, 3.05) is 19.8 Å². The molecule has 1 aromatic rings. The van der Waals surface area contributed by atoms with Crippen molar-refractivity contribution in [1.82, 2.24) is 5.32 Å². The van der Waals surface area contributed by atoms with E-state index in [1.165, 1.54) is 6.42 Å². The first-order valence-corrected chi connectivity index (χ1v) is 9.41. The molecule has 1 aromatic carbocycles. The smallest absolute Gasteiger partial charge is 0.338 e. The largest absolute Gasteiger partial charge is 0.490 e. The molecule has 6 nitrogen and oxygen atoms in total. The first-order chi connectivity index (χ1) is 12.5. The molecule has 1 fully saturated rings. The van der Waals surface area contributed by atoms with Gasteiger partial charge in [-0.15, -0.1) is 0 Å². The zero-order chi connectivity index (χ0) is 18.9. The van der Waals surface area contributed by atoms with Crippen molar-refractivity contribution >= 4 is 11.9 Å². The van der Waals surface area contributed by atoms with Gasteiger partial charge in [0.25, 0.3) is 5.91 Å². The molecule has 1 saturated carbocycles. The molecule has 0 saturated heterocycles. The van der Waals surface area contributed by atoms with Gasteiger partial charge < -0.3 is 19.5 Å². The molecule has 26 heavy (non-hydrogen) atoms. The topological polar surface area (TPSA) is 73.9 Å². The number of esters is 1. The summed E-state index contributed by atoms with van der Waals surface area (Å²) in [6, 6.07) is 5.04. The molecule has 0 spiro atoms. The number of nitrogens with one attached hydrogen (secondary N) is 1. The van der Waals surface area contributed by atoms with Gasteiger partial charge in [-0.2, -0.15) is 0 Å². The van der Waals surface area contributed by atoms with Crippen LogP contribution in [0.25, 0.3) is 0 Å². The van der Waals surface area contributed by atoms with E-state index in [0.717, 1.165) is 19.3 Å². The van der Waals surface area contributed by atoms with Crippen molar-refractivity contribution in [3.8, 4) is 11.5 Å². The van der Waals surface area contributed by atoms with E-state index in [0.29, 0.717) is 36.2 Å². The Hall–Kier alpha value is -2.24. The lowest BCUT2D eigenvalue weighted by Gasteiger charge is -2.29. The van der Waals surface area contributed by atoms with Crippen LogP contribution in [-0.2, 0) is 9.53 Å². The second-order valence-electron chi connectivity index (χ2n) is 6.54. The molecular weight excluding hydrogens is 334 g/mol. The summed E-state index contributed by atoms with van der Waals surface area (Å²) in [4.78, 5) is 24.3. The van der Waals surface area contributed by atoms with Crippen LogP contribution >= 0.6 is 0 Å². The van der Waals surface area contributed by atoms with Crippen molar-refractivity contribution in [3.05, 3.63) is 23.8 Å². The van der Waals surface area contributed by atoms with Gasteiger partial charge in [-0.05, 0) is 50.8 Å². The second-order valence-corrected chi connectivity index (χ2v) is 6.54. The lowest BCUT2D eigenvalue weighted by molar-refractivity contribution is -0.125. The first-order valence-electron chi connectivity index (χ1n) is 9.41. The van der Waals surface area contributed by atoms with E-state index in [2.05, 4.69) is 12.2 Å². The number of hydrogen-bond donors (Lipinski definition) is 1. The number of rotatable bonds is 8. The molecule has 0 aromatic heterocycles. The van der Waals surface area contributed by atoms with Crippen molar-refractivity contribution in [3.63, 3.8) is 0 Å². The number of ether oxygens (including phenoxy) is 3. The number of benzene rings is 1. The summed E-state index contributed by atoms with van der Waals surface area (Å²) in [5, 5.41) is 2.97. The molecule has 1 aliphatic rings. The Balaban J connectivity index is 1.90. The fourth-order valence-corrected chi connectivity index (χ4v) is 3.17. The van der Waals surface area contributed by atoms with Crippen molar-refractivity contribution in [2.45, 2.75) is 52.5 Å². The molecule has 1 aliphatic carbocycles. The molecule has 0 heterocycles. The monoisotopic (exact) mass is 363 g/mol. The second kappa shape index (κ2) is 10.0. The van der Waals surface area contributed by atoms with Gasteiger partial charge in [0.05, 0.1) is 18.8 Å². The predicted octanol–water partition coefficient (Wildman–Crippen LogP) is 3.34. The Kier molecular flexibility index (Phi) is 7.75. The highest BCUT2D eigenvalue weighted by Crippen LogP contribution is 2.29. The van der Waals surface area contributed by atoms with Crippen molar-refractivity contribution in [1.29, 1.82) is 0 Å². The molecule has 6 heteroatoms. The molecule has 0 bridgehead atoms. The first kappa shape index (κ1) is 20.1. The minimum absolute atomic E-state index is 0.171. The van der Waals surface area contributed by atoms with Crippen LogP contribution < -0.4 is 14.8 Å². The Labute approximate surface area is 155 Å². The summed E-state index contributed by atoms with van der Waals surface area (Å²) >= 11 is 0. The van der Waals surface area contributed by atoms with Crippen LogP contribution in [0.2, 0.25) is 0 Å². The van der Waals surface area contributed by atoms with Gasteiger partial charge in [0.15, 0.2) is 18.1 Å². The third-order valence-electron chi connectivity index (χ3n) is 4.57. The maximum Gasteiger partial charge on any atom is 0.338 e. The van der Waals surface area contributed by atoms with Crippen molar-refractivity contribution in [2.24, 2.45) is 5.92 Å². The molecule has 1 N–H and O–H groups in total. The highest BCUT2D eigenvalue weighted by atomic mass is 16.5. The van der Waals surface area contributed by atoms with Crippen LogP contribution in [0, 0.1) is 5.92 Å². The maximum absolute atomic E-state index is 12.2. The molecule has 144 valence electrons. The van der Waals surface area contributed by atoms with E-state index in [1.54, 1.807) is 18.2 Å². The van der Waals surface area contributed by atoms with Gasteiger partial charge in [-0.1, -0.05) is 19.8 Å². The zero-order valence-corrected chi connectivity index (χ0v) is 15.9. The third kappa shape index (κ3) is 5.64. The lowest BCUT2D eigenvalue weighted by atomic mass is 9.86. The Bertz CT molecular complexity index is 616. The highest BCUT2D eigenvalue weighted by molar-refractivity contribution is 5.92. The molecule has 2 atom stereocenters. The minimum atomic E-state index is -0.555. The molecule has 0 radical (unpaired) electrons. The predicted molar refractivity (Wildman–Crippen MR) is 98.6 cm³/mol. The van der Waals surface area contributed by atoms with Crippen LogP contribution in [0.15, 0.2) is 18.2 Å². The summed E-state index contributed by atoms with van der Waals surface area (Å²) in [6.45, 7) is 6.57. The van der Waals surface area contributed by atoms with Crippen LogP contribution in [0.5, 0.6) is 11.5 Å². The Morgan fingerprint density at radius 3 is 2.46 bits per heavy atom. The Morgan fingerprint density at radius 2 is 1.77 bits per heavy atom. The van der Waals surface area contributed by atoms with E-state index >= 15 is 0 Å². The van der Waals surface area contributed by atoms with Crippen LogP contribution in [-0.4, -0.2) is 37.7 Å². The standard InChI is InChI=1S/C20H29NO5/c1-4-24-17-11-10-15(12-18(17)25-5-2)20(23)26-13-19(22)21-16-9-7-6-8-14(16)3/h10-12,14,16H,4-9,13H2,1-3H3,(H,21,22)/t14-,16-/m0/s1.